The van der Waals surface area contributed by atoms with E-state index in [9.17, 15) is 0 Å². The monoisotopic (exact) mass is 259 g/mol. The Balaban J connectivity index is 2.46. The Morgan fingerprint density at radius 3 is 2.75 bits per heavy atom. The van der Waals surface area contributed by atoms with E-state index in [0.29, 0.717) is 6.04 Å². The van der Waals surface area contributed by atoms with Crippen molar-refractivity contribution in [2.24, 2.45) is 0 Å². The van der Waals surface area contributed by atoms with Gasteiger partial charge in [0.05, 0.1) is 0 Å². The number of nitrogens with one attached hydrogen (secondary N) is 1. The molecule has 94 valence electrons. The number of allylic oxidation sites excluding steroid dienone is 1. The molecule has 0 radical (unpaired) electrons. The lowest BCUT2D eigenvalue weighted by Crippen LogP contribution is -2.43. The van der Waals surface area contributed by atoms with Crippen LogP contribution in [0, 0.1) is 0 Å². The molecule has 4 unspecified atom stereocenters. The molecule has 1 aliphatic rings. The molecule has 3 heteroatoms. The predicted octanol–water partition coefficient (Wildman–Crippen LogP) is 3.56. The first kappa shape index (κ1) is 14.5. The summed E-state index contributed by atoms with van der Waals surface area (Å²) in [4.78, 5) is 0. The molecule has 1 aliphatic heterocycles. The summed E-state index contributed by atoms with van der Waals surface area (Å²) in [6, 6.07) is 0.662. The van der Waals surface area contributed by atoms with Crippen molar-refractivity contribution in [2.45, 2.75) is 55.4 Å². The molecule has 16 heavy (non-hydrogen) atoms. The molecule has 0 spiro atoms. The molecular weight excluding hydrogens is 234 g/mol. The van der Waals surface area contributed by atoms with E-state index < -0.39 is 0 Å². The second kappa shape index (κ2) is 7.67. The van der Waals surface area contributed by atoms with Crippen LogP contribution >= 0.6 is 23.5 Å². The van der Waals surface area contributed by atoms with E-state index in [0.717, 1.165) is 28.7 Å². The molecule has 0 aliphatic carbocycles. The van der Waals surface area contributed by atoms with Crippen molar-refractivity contribution >= 4 is 23.5 Å². The zero-order valence-corrected chi connectivity index (χ0v) is 12.4. The molecule has 0 aromatic heterocycles. The smallest absolute Gasteiger partial charge is 0.0295 e. The quantitative estimate of drug-likeness (QED) is 0.733. The molecule has 0 aromatic carbocycles. The molecule has 1 fully saturated rings. The lowest BCUT2D eigenvalue weighted by molar-refractivity contribution is 0.494. The molecule has 0 bridgehead atoms. The van der Waals surface area contributed by atoms with Gasteiger partial charge in [-0.15, -0.1) is 6.58 Å². The lowest BCUT2D eigenvalue weighted by Gasteiger charge is -2.36. The minimum atomic E-state index is 0.662. The molecule has 1 saturated heterocycles. The zero-order valence-electron chi connectivity index (χ0n) is 10.7. The van der Waals surface area contributed by atoms with Crippen molar-refractivity contribution in [2.75, 3.05) is 12.3 Å². The SMILES string of the molecule is C=CCCC(NCC)C1CSC(C)C(C)S1. The van der Waals surface area contributed by atoms with Crippen molar-refractivity contribution in [3.8, 4) is 0 Å². The van der Waals surface area contributed by atoms with Crippen LogP contribution in [0.3, 0.4) is 0 Å². The first-order valence-electron chi connectivity index (χ1n) is 6.30. The minimum Gasteiger partial charge on any atom is -0.313 e. The van der Waals surface area contributed by atoms with E-state index in [4.69, 9.17) is 0 Å². The molecule has 0 saturated carbocycles. The molecule has 1 N–H and O–H groups in total. The Labute approximate surface area is 109 Å². The second-order valence-corrected chi connectivity index (χ2v) is 7.48. The van der Waals surface area contributed by atoms with E-state index in [-0.39, 0.29) is 0 Å². The summed E-state index contributed by atoms with van der Waals surface area (Å²) in [5.41, 5.74) is 0. The molecule has 1 rings (SSSR count). The topological polar surface area (TPSA) is 12.0 Å². The summed E-state index contributed by atoms with van der Waals surface area (Å²) in [6.07, 6.45) is 4.40. The fourth-order valence-electron chi connectivity index (χ4n) is 2.00. The zero-order chi connectivity index (χ0) is 12.0. The van der Waals surface area contributed by atoms with Crippen LogP contribution in [0.2, 0.25) is 0 Å². The largest absolute Gasteiger partial charge is 0.313 e. The van der Waals surface area contributed by atoms with Gasteiger partial charge < -0.3 is 5.32 Å². The average Bonchev–Trinajstić information content (AvgIpc) is 2.28. The summed E-state index contributed by atoms with van der Waals surface area (Å²) in [5.74, 6) is 1.30. The van der Waals surface area contributed by atoms with Gasteiger partial charge in [0, 0.05) is 27.5 Å². The van der Waals surface area contributed by atoms with Crippen LogP contribution in [-0.2, 0) is 0 Å². The maximum Gasteiger partial charge on any atom is 0.0295 e. The first-order valence-corrected chi connectivity index (χ1v) is 8.29. The maximum absolute atomic E-state index is 3.83. The fraction of sp³-hybridized carbons (Fsp3) is 0.846. The number of hydrogen-bond donors (Lipinski definition) is 1. The average molecular weight is 259 g/mol. The van der Waals surface area contributed by atoms with Crippen molar-refractivity contribution in [3.05, 3.63) is 12.7 Å². The number of rotatable bonds is 6. The minimum absolute atomic E-state index is 0.662. The van der Waals surface area contributed by atoms with Crippen molar-refractivity contribution in [1.29, 1.82) is 0 Å². The molecule has 4 atom stereocenters. The highest BCUT2D eigenvalue weighted by Gasteiger charge is 2.30. The van der Waals surface area contributed by atoms with Crippen LogP contribution in [0.15, 0.2) is 12.7 Å². The van der Waals surface area contributed by atoms with Crippen molar-refractivity contribution in [3.63, 3.8) is 0 Å². The summed E-state index contributed by atoms with van der Waals surface area (Å²) >= 11 is 4.31. The summed E-state index contributed by atoms with van der Waals surface area (Å²) in [5, 5.41) is 6.01. The maximum atomic E-state index is 3.83. The van der Waals surface area contributed by atoms with Gasteiger partial charge in [-0.05, 0) is 19.4 Å². The Kier molecular flexibility index (Phi) is 6.94. The third kappa shape index (κ3) is 4.34. The number of thioether (sulfide) groups is 2. The highest BCUT2D eigenvalue weighted by molar-refractivity contribution is 8.07. The molecule has 1 heterocycles. The predicted molar refractivity (Wildman–Crippen MR) is 79.7 cm³/mol. The van der Waals surface area contributed by atoms with Crippen LogP contribution in [0.25, 0.3) is 0 Å². The summed E-state index contributed by atoms with van der Waals surface area (Å²) in [6.45, 7) is 11.8. The van der Waals surface area contributed by atoms with E-state index in [1.807, 2.05) is 6.08 Å². The van der Waals surface area contributed by atoms with Crippen LogP contribution in [0.1, 0.15) is 33.6 Å². The van der Waals surface area contributed by atoms with Gasteiger partial charge >= 0.3 is 0 Å². The van der Waals surface area contributed by atoms with E-state index in [1.165, 1.54) is 12.2 Å². The highest BCUT2D eigenvalue weighted by atomic mass is 32.2. The van der Waals surface area contributed by atoms with Crippen LogP contribution in [0.5, 0.6) is 0 Å². The Hall–Kier alpha value is 0.400. The van der Waals surface area contributed by atoms with Crippen molar-refractivity contribution in [1.82, 2.24) is 5.32 Å². The molecule has 0 aromatic rings. The van der Waals surface area contributed by atoms with Crippen LogP contribution in [0.4, 0.5) is 0 Å². The standard InChI is InChI=1S/C13H25NS2/c1-5-7-8-12(14-6-2)13-9-15-10(3)11(4)16-13/h5,10-14H,1,6-9H2,2-4H3. The van der Waals surface area contributed by atoms with Gasteiger partial charge in [-0.2, -0.15) is 23.5 Å². The number of hydrogen-bond acceptors (Lipinski definition) is 3. The molecule has 0 amide bonds. The second-order valence-electron chi connectivity index (χ2n) is 4.45. The van der Waals surface area contributed by atoms with Gasteiger partial charge in [-0.3, -0.25) is 0 Å². The van der Waals surface area contributed by atoms with E-state index in [2.05, 4.69) is 56.2 Å². The Morgan fingerprint density at radius 1 is 1.44 bits per heavy atom. The summed E-state index contributed by atoms with van der Waals surface area (Å²) < 4.78 is 0. The van der Waals surface area contributed by atoms with Crippen LogP contribution in [-0.4, -0.2) is 34.1 Å². The van der Waals surface area contributed by atoms with Gasteiger partial charge in [0.1, 0.15) is 0 Å². The van der Waals surface area contributed by atoms with E-state index >= 15 is 0 Å². The van der Waals surface area contributed by atoms with Crippen LogP contribution < -0.4 is 5.32 Å². The third-order valence-corrected chi connectivity index (χ3v) is 6.72. The molecule has 1 nitrogen and oxygen atoms in total. The van der Waals surface area contributed by atoms with Gasteiger partial charge in [0.15, 0.2) is 0 Å². The normalized spacial score (nSPS) is 32.3. The lowest BCUT2D eigenvalue weighted by atomic mass is 10.1. The van der Waals surface area contributed by atoms with Gasteiger partial charge in [0.2, 0.25) is 0 Å². The Bertz CT molecular complexity index is 208. The first-order chi connectivity index (χ1) is 7.69. The highest BCUT2D eigenvalue weighted by Crippen LogP contribution is 2.37. The van der Waals surface area contributed by atoms with Gasteiger partial charge in [-0.1, -0.05) is 26.8 Å². The third-order valence-electron chi connectivity index (χ3n) is 3.17. The Morgan fingerprint density at radius 2 is 2.19 bits per heavy atom. The fourth-order valence-corrected chi connectivity index (χ4v) is 5.17. The van der Waals surface area contributed by atoms with Gasteiger partial charge in [-0.25, -0.2) is 0 Å². The van der Waals surface area contributed by atoms with Crippen molar-refractivity contribution < 1.29 is 0 Å². The van der Waals surface area contributed by atoms with Gasteiger partial charge in [0.25, 0.3) is 0 Å². The molecular formula is C13H25NS2. The van der Waals surface area contributed by atoms with E-state index in [1.54, 1.807) is 0 Å². The summed E-state index contributed by atoms with van der Waals surface area (Å²) in [7, 11) is 0.